The molecule has 0 saturated heterocycles. The molecule has 7 heteroatoms. The highest BCUT2D eigenvalue weighted by Gasteiger charge is 2.14. The van der Waals surface area contributed by atoms with E-state index in [2.05, 4.69) is 5.32 Å². The molecule has 0 spiro atoms. The number of hydrogen-bond donors (Lipinski definition) is 2. The molecule has 0 aromatic heterocycles. The van der Waals surface area contributed by atoms with Gasteiger partial charge < -0.3 is 24.6 Å². The van der Waals surface area contributed by atoms with Gasteiger partial charge >= 0.3 is 5.97 Å². The van der Waals surface area contributed by atoms with Gasteiger partial charge in [0, 0.05) is 11.8 Å². The molecule has 1 amide bonds. The number of aliphatic carboxylic acids is 1. The van der Waals surface area contributed by atoms with E-state index in [-0.39, 0.29) is 5.91 Å². The van der Waals surface area contributed by atoms with Crippen LogP contribution in [0, 0.1) is 0 Å². The van der Waals surface area contributed by atoms with Crippen molar-refractivity contribution in [1.29, 1.82) is 0 Å². The van der Waals surface area contributed by atoms with Gasteiger partial charge in [0.05, 0.1) is 19.3 Å². The van der Waals surface area contributed by atoms with Crippen LogP contribution in [-0.2, 0) is 4.79 Å². The second kappa shape index (κ2) is 9.31. The third-order valence-corrected chi connectivity index (χ3v) is 3.37. The van der Waals surface area contributed by atoms with Crippen molar-refractivity contribution >= 4 is 17.6 Å². The van der Waals surface area contributed by atoms with E-state index < -0.39 is 12.6 Å². The number of amides is 1. The lowest BCUT2D eigenvalue weighted by molar-refractivity contribution is -0.139. The summed E-state index contributed by atoms with van der Waals surface area (Å²) in [6.07, 6.45) is 0.816. The van der Waals surface area contributed by atoms with Crippen molar-refractivity contribution < 1.29 is 28.9 Å². The molecule has 2 aromatic rings. The Hall–Kier alpha value is -3.22. The van der Waals surface area contributed by atoms with Gasteiger partial charge in [0.15, 0.2) is 6.61 Å². The van der Waals surface area contributed by atoms with Crippen LogP contribution in [0.4, 0.5) is 5.69 Å². The molecule has 0 aliphatic carbocycles. The van der Waals surface area contributed by atoms with E-state index in [4.69, 9.17) is 19.3 Å². The molecule has 7 nitrogen and oxygen atoms in total. The molecule has 0 saturated carbocycles. The molecule has 2 rings (SSSR count). The van der Waals surface area contributed by atoms with Crippen LogP contribution in [0.5, 0.6) is 17.2 Å². The number of anilines is 1. The molecule has 26 heavy (non-hydrogen) atoms. The molecule has 0 unspecified atom stereocenters. The maximum atomic E-state index is 12.6. The van der Waals surface area contributed by atoms with E-state index in [0.717, 1.165) is 6.42 Å². The topological polar surface area (TPSA) is 94.1 Å². The minimum absolute atomic E-state index is 0.321. The van der Waals surface area contributed by atoms with Crippen LogP contribution in [0.3, 0.4) is 0 Å². The fourth-order valence-electron chi connectivity index (χ4n) is 2.13. The number of ether oxygens (including phenoxy) is 3. The van der Waals surface area contributed by atoms with Crippen LogP contribution in [0.15, 0.2) is 42.5 Å². The third-order valence-electron chi connectivity index (χ3n) is 3.37. The number of carbonyl (C=O) groups is 2. The second-order valence-corrected chi connectivity index (χ2v) is 5.37. The zero-order valence-corrected chi connectivity index (χ0v) is 14.7. The molecule has 0 aliphatic heterocycles. The molecule has 0 aliphatic rings. The number of methoxy groups -OCH3 is 1. The van der Waals surface area contributed by atoms with Crippen LogP contribution in [0.2, 0.25) is 0 Å². The van der Waals surface area contributed by atoms with Crippen LogP contribution in [0.25, 0.3) is 0 Å². The monoisotopic (exact) mass is 359 g/mol. The zero-order chi connectivity index (χ0) is 18.9. The summed E-state index contributed by atoms with van der Waals surface area (Å²) < 4.78 is 15.9. The van der Waals surface area contributed by atoms with E-state index in [1.165, 1.54) is 0 Å². The summed E-state index contributed by atoms with van der Waals surface area (Å²) in [5.41, 5.74) is 0.945. The average molecular weight is 359 g/mol. The molecule has 138 valence electrons. The van der Waals surface area contributed by atoms with Gasteiger partial charge in [-0.05, 0) is 42.8 Å². The Kier molecular flexibility index (Phi) is 6.84. The fourth-order valence-corrected chi connectivity index (χ4v) is 2.13. The minimum Gasteiger partial charge on any atom is -0.497 e. The molecule has 0 heterocycles. The number of rotatable bonds is 9. The predicted molar refractivity (Wildman–Crippen MR) is 96.3 cm³/mol. The minimum atomic E-state index is -1.05. The summed E-state index contributed by atoms with van der Waals surface area (Å²) in [7, 11) is 1.55. The van der Waals surface area contributed by atoms with Crippen LogP contribution in [0.1, 0.15) is 23.7 Å². The Morgan fingerprint density at radius 1 is 1.04 bits per heavy atom. The van der Waals surface area contributed by atoms with E-state index >= 15 is 0 Å². The van der Waals surface area contributed by atoms with Crippen molar-refractivity contribution in [3.05, 3.63) is 48.0 Å². The quantitative estimate of drug-likeness (QED) is 0.714. The number of hydrogen-bond acceptors (Lipinski definition) is 5. The van der Waals surface area contributed by atoms with Gasteiger partial charge in [0.2, 0.25) is 0 Å². The van der Waals surface area contributed by atoms with Crippen LogP contribution in [-0.4, -0.2) is 37.3 Å². The lowest BCUT2D eigenvalue weighted by Crippen LogP contribution is -2.14. The standard InChI is InChI=1S/C19H21NO6/c1-3-10-25-17-11-15(24-2)8-9-16(17)19(23)20-13-4-6-14(7-5-13)26-12-18(21)22/h4-9,11H,3,10,12H2,1-2H3,(H,20,23)(H,21,22). The van der Waals surface area contributed by atoms with Gasteiger partial charge in [-0.25, -0.2) is 4.79 Å². The Morgan fingerprint density at radius 2 is 1.73 bits per heavy atom. The van der Waals surface area contributed by atoms with Gasteiger partial charge in [0.25, 0.3) is 5.91 Å². The SMILES string of the molecule is CCCOc1cc(OC)ccc1C(=O)Nc1ccc(OCC(=O)O)cc1. The molecular formula is C19H21NO6. The summed E-state index contributed by atoms with van der Waals surface area (Å²) in [4.78, 5) is 23.0. The number of carboxylic acids is 1. The Morgan fingerprint density at radius 3 is 2.35 bits per heavy atom. The second-order valence-electron chi connectivity index (χ2n) is 5.37. The first-order valence-corrected chi connectivity index (χ1v) is 8.10. The van der Waals surface area contributed by atoms with Crippen molar-refractivity contribution in [3.63, 3.8) is 0 Å². The summed E-state index contributed by atoms with van der Waals surface area (Å²) in [5.74, 6) is 0.0824. The third kappa shape index (κ3) is 5.41. The summed E-state index contributed by atoms with van der Waals surface area (Å²) in [6.45, 7) is 2.05. The first-order valence-electron chi connectivity index (χ1n) is 8.10. The Bertz CT molecular complexity index is 757. The van der Waals surface area contributed by atoms with Gasteiger partial charge in [-0.2, -0.15) is 0 Å². The maximum Gasteiger partial charge on any atom is 0.341 e. The first kappa shape index (κ1) is 19.1. The highest BCUT2D eigenvalue weighted by molar-refractivity contribution is 6.06. The van der Waals surface area contributed by atoms with Crippen LogP contribution >= 0.6 is 0 Å². The maximum absolute atomic E-state index is 12.6. The Labute approximate surface area is 151 Å². The molecule has 0 atom stereocenters. The van der Waals surface area contributed by atoms with Crippen molar-refractivity contribution in [1.82, 2.24) is 0 Å². The fraction of sp³-hybridized carbons (Fsp3) is 0.263. The van der Waals surface area contributed by atoms with E-state index in [9.17, 15) is 9.59 Å². The van der Waals surface area contributed by atoms with Crippen molar-refractivity contribution in [2.24, 2.45) is 0 Å². The molecular weight excluding hydrogens is 338 g/mol. The summed E-state index contributed by atoms with van der Waals surface area (Å²) in [6, 6.07) is 11.4. The largest absolute Gasteiger partial charge is 0.497 e. The van der Waals surface area contributed by atoms with Gasteiger partial charge in [-0.15, -0.1) is 0 Å². The lowest BCUT2D eigenvalue weighted by atomic mass is 10.1. The Balaban J connectivity index is 2.10. The smallest absolute Gasteiger partial charge is 0.341 e. The summed E-state index contributed by atoms with van der Waals surface area (Å²) >= 11 is 0. The highest BCUT2D eigenvalue weighted by Crippen LogP contribution is 2.26. The normalized spacial score (nSPS) is 10.1. The average Bonchev–Trinajstić information content (AvgIpc) is 2.65. The molecule has 0 radical (unpaired) electrons. The van der Waals surface area contributed by atoms with Crippen LogP contribution < -0.4 is 19.5 Å². The van der Waals surface area contributed by atoms with Crippen molar-refractivity contribution in [2.45, 2.75) is 13.3 Å². The number of nitrogens with one attached hydrogen (secondary N) is 1. The van der Waals surface area contributed by atoms with Crippen molar-refractivity contribution in [2.75, 3.05) is 25.6 Å². The van der Waals surface area contributed by atoms with Gasteiger partial charge in [0.1, 0.15) is 17.2 Å². The number of carboxylic acid groups (broad SMARTS) is 1. The van der Waals surface area contributed by atoms with E-state index in [1.807, 2.05) is 6.92 Å². The van der Waals surface area contributed by atoms with Crippen molar-refractivity contribution in [3.8, 4) is 17.2 Å². The van der Waals surface area contributed by atoms with Gasteiger partial charge in [-0.1, -0.05) is 6.92 Å². The van der Waals surface area contributed by atoms with E-state index in [1.54, 1.807) is 49.6 Å². The summed E-state index contributed by atoms with van der Waals surface area (Å²) in [5, 5.41) is 11.4. The van der Waals surface area contributed by atoms with Gasteiger partial charge in [-0.3, -0.25) is 4.79 Å². The molecule has 2 aromatic carbocycles. The zero-order valence-electron chi connectivity index (χ0n) is 14.7. The molecule has 0 fully saturated rings. The highest BCUT2D eigenvalue weighted by atomic mass is 16.5. The predicted octanol–water partition coefficient (Wildman–Crippen LogP) is 3.20. The van der Waals surface area contributed by atoms with E-state index in [0.29, 0.717) is 35.1 Å². The number of benzene rings is 2. The molecule has 2 N–H and O–H groups in total. The number of carbonyl (C=O) groups excluding carboxylic acids is 1. The first-order chi connectivity index (χ1) is 12.5. The lowest BCUT2D eigenvalue weighted by Gasteiger charge is -2.13. The molecule has 0 bridgehead atoms.